The van der Waals surface area contributed by atoms with E-state index in [9.17, 15) is 14.9 Å². The molecule has 7 heteroatoms. The summed E-state index contributed by atoms with van der Waals surface area (Å²) in [6.07, 6.45) is 1.41. The van der Waals surface area contributed by atoms with Gasteiger partial charge in [0.15, 0.2) is 0 Å². The van der Waals surface area contributed by atoms with Gasteiger partial charge >= 0.3 is 5.97 Å². The van der Waals surface area contributed by atoms with Crippen molar-refractivity contribution < 1.29 is 14.5 Å². The number of carbonyl (C=O) groups excluding carboxylic acids is 1. The molecule has 0 bridgehead atoms. The highest BCUT2D eigenvalue weighted by Crippen LogP contribution is 2.35. The molecule has 1 saturated heterocycles. The summed E-state index contributed by atoms with van der Waals surface area (Å²) in [5, 5.41) is 11.5. The zero-order valence-electron chi connectivity index (χ0n) is 11.0. The first-order chi connectivity index (χ1) is 9.54. The summed E-state index contributed by atoms with van der Waals surface area (Å²) >= 11 is 5.92. The number of halogens is 1. The van der Waals surface area contributed by atoms with Gasteiger partial charge in [0.1, 0.15) is 11.7 Å². The third-order valence-electron chi connectivity index (χ3n) is 3.26. The molecule has 6 nitrogen and oxygen atoms in total. The fourth-order valence-electron chi connectivity index (χ4n) is 2.42. The SMILES string of the molecule is CCOC(=O)C1CCCN1c1cc(Cl)ccc1[N+](=O)[O-]. The predicted octanol–water partition coefficient (Wildman–Crippen LogP) is 2.78. The average Bonchev–Trinajstić information content (AvgIpc) is 2.87. The zero-order valence-corrected chi connectivity index (χ0v) is 11.8. The Bertz CT molecular complexity index is 535. The second-order valence-corrected chi connectivity index (χ2v) is 4.93. The van der Waals surface area contributed by atoms with Crippen molar-refractivity contribution in [2.24, 2.45) is 0 Å². The molecular weight excluding hydrogens is 284 g/mol. The van der Waals surface area contributed by atoms with Gasteiger partial charge in [-0.1, -0.05) is 11.6 Å². The van der Waals surface area contributed by atoms with Gasteiger partial charge in [0.05, 0.1) is 11.5 Å². The predicted molar refractivity (Wildman–Crippen MR) is 75.1 cm³/mol. The zero-order chi connectivity index (χ0) is 14.7. The van der Waals surface area contributed by atoms with Crippen LogP contribution in [0.1, 0.15) is 19.8 Å². The smallest absolute Gasteiger partial charge is 0.328 e. The van der Waals surface area contributed by atoms with Crippen LogP contribution < -0.4 is 4.90 Å². The van der Waals surface area contributed by atoms with E-state index in [0.717, 1.165) is 6.42 Å². The Morgan fingerprint density at radius 3 is 3.00 bits per heavy atom. The van der Waals surface area contributed by atoms with Gasteiger partial charge in [0.25, 0.3) is 5.69 Å². The van der Waals surface area contributed by atoms with E-state index < -0.39 is 11.0 Å². The number of esters is 1. The van der Waals surface area contributed by atoms with Gasteiger partial charge in [-0.25, -0.2) is 4.79 Å². The molecule has 20 heavy (non-hydrogen) atoms. The molecule has 1 aromatic rings. The van der Waals surface area contributed by atoms with Crippen molar-refractivity contribution in [2.75, 3.05) is 18.1 Å². The monoisotopic (exact) mass is 298 g/mol. The van der Waals surface area contributed by atoms with Crippen LogP contribution in [-0.2, 0) is 9.53 Å². The molecule has 1 fully saturated rings. The summed E-state index contributed by atoms with van der Waals surface area (Å²) in [5.74, 6) is -0.348. The van der Waals surface area contributed by atoms with E-state index in [4.69, 9.17) is 16.3 Å². The summed E-state index contributed by atoms with van der Waals surface area (Å²) in [6, 6.07) is 3.88. The van der Waals surface area contributed by atoms with Crippen molar-refractivity contribution in [2.45, 2.75) is 25.8 Å². The molecule has 1 aromatic carbocycles. The maximum Gasteiger partial charge on any atom is 0.328 e. The summed E-state index contributed by atoms with van der Waals surface area (Å²) in [4.78, 5) is 24.3. The molecular formula is C13H15ClN2O4. The number of rotatable bonds is 4. The van der Waals surface area contributed by atoms with Gasteiger partial charge < -0.3 is 9.64 Å². The number of ether oxygens (including phenoxy) is 1. The number of nitro benzene ring substituents is 1. The third kappa shape index (κ3) is 2.85. The molecule has 0 aromatic heterocycles. The van der Waals surface area contributed by atoms with Gasteiger partial charge in [-0.05, 0) is 31.9 Å². The number of carbonyl (C=O) groups is 1. The van der Waals surface area contributed by atoms with Crippen LogP contribution in [0, 0.1) is 10.1 Å². The third-order valence-corrected chi connectivity index (χ3v) is 3.49. The van der Waals surface area contributed by atoms with Crippen molar-refractivity contribution >= 4 is 28.9 Å². The van der Waals surface area contributed by atoms with Crippen molar-refractivity contribution in [3.8, 4) is 0 Å². The molecule has 1 aliphatic rings. The van der Waals surface area contributed by atoms with Gasteiger partial charge in [0, 0.05) is 17.6 Å². The van der Waals surface area contributed by atoms with Crippen molar-refractivity contribution in [1.82, 2.24) is 0 Å². The Morgan fingerprint density at radius 1 is 1.60 bits per heavy atom. The van der Waals surface area contributed by atoms with Gasteiger partial charge in [0.2, 0.25) is 0 Å². The van der Waals surface area contributed by atoms with E-state index in [1.165, 1.54) is 18.2 Å². The van der Waals surface area contributed by atoms with Crippen LogP contribution in [0.2, 0.25) is 5.02 Å². The van der Waals surface area contributed by atoms with Gasteiger partial charge in [-0.3, -0.25) is 10.1 Å². The molecule has 0 amide bonds. The van der Waals surface area contributed by atoms with Crippen LogP contribution in [0.5, 0.6) is 0 Å². The topological polar surface area (TPSA) is 72.7 Å². The lowest BCUT2D eigenvalue weighted by atomic mass is 10.2. The van der Waals surface area contributed by atoms with E-state index in [2.05, 4.69) is 0 Å². The van der Waals surface area contributed by atoms with E-state index in [-0.39, 0.29) is 11.7 Å². The molecule has 108 valence electrons. The lowest BCUT2D eigenvalue weighted by molar-refractivity contribution is -0.384. The Balaban J connectivity index is 2.36. The number of anilines is 1. The Kier molecular flexibility index (Phi) is 4.44. The lowest BCUT2D eigenvalue weighted by Gasteiger charge is -2.24. The van der Waals surface area contributed by atoms with Crippen molar-refractivity contribution in [3.63, 3.8) is 0 Å². The normalized spacial score (nSPS) is 18.1. The fourth-order valence-corrected chi connectivity index (χ4v) is 2.59. The van der Waals surface area contributed by atoms with Crippen LogP contribution in [-0.4, -0.2) is 30.1 Å². The fraction of sp³-hybridized carbons (Fsp3) is 0.462. The second-order valence-electron chi connectivity index (χ2n) is 4.49. The maximum absolute atomic E-state index is 11.9. The van der Waals surface area contributed by atoms with Crippen LogP contribution in [0.4, 0.5) is 11.4 Å². The second kappa shape index (κ2) is 6.09. The van der Waals surface area contributed by atoms with E-state index in [1.807, 2.05) is 0 Å². The largest absolute Gasteiger partial charge is 0.464 e. The van der Waals surface area contributed by atoms with E-state index >= 15 is 0 Å². The number of hydrogen-bond acceptors (Lipinski definition) is 5. The van der Waals surface area contributed by atoms with Crippen LogP contribution in [0.25, 0.3) is 0 Å². The summed E-state index contributed by atoms with van der Waals surface area (Å²) in [6.45, 7) is 2.60. The summed E-state index contributed by atoms with van der Waals surface area (Å²) in [7, 11) is 0. The highest BCUT2D eigenvalue weighted by atomic mass is 35.5. The van der Waals surface area contributed by atoms with Crippen LogP contribution in [0.3, 0.4) is 0 Å². The standard InChI is InChI=1S/C13H15ClN2O4/c1-2-20-13(17)11-4-3-7-15(11)12-8-9(14)5-6-10(12)16(18)19/h5-6,8,11H,2-4,7H2,1H3. The van der Waals surface area contributed by atoms with Crippen LogP contribution in [0.15, 0.2) is 18.2 Å². The first-order valence-corrected chi connectivity index (χ1v) is 6.79. The minimum atomic E-state index is -0.480. The Hall–Kier alpha value is -1.82. The Morgan fingerprint density at radius 2 is 2.35 bits per heavy atom. The molecule has 0 radical (unpaired) electrons. The van der Waals surface area contributed by atoms with Gasteiger partial charge in [-0.2, -0.15) is 0 Å². The highest BCUT2D eigenvalue weighted by Gasteiger charge is 2.35. The number of nitro groups is 1. The summed E-state index contributed by atoms with van der Waals surface area (Å²) in [5.41, 5.74) is 0.323. The molecule has 1 atom stereocenters. The number of hydrogen-bond donors (Lipinski definition) is 0. The molecule has 1 heterocycles. The summed E-state index contributed by atoms with van der Waals surface area (Å²) < 4.78 is 5.02. The maximum atomic E-state index is 11.9. The number of nitrogens with zero attached hydrogens (tertiary/aromatic N) is 2. The molecule has 0 spiro atoms. The van der Waals surface area contributed by atoms with Crippen molar-refractivity contribution in [1.29, 1.82) is 0 Å². The first kappa shape index (κ1) is 14.6. The van der Waals surface area contributed by atoms with Crippen LogP contribution >= 0.6 is 11.6 Å². The quantitative estimate of drug-likeness (QED) is 0.485. The van der Waals surface area contributed by atoms with E-state index in [1.54, 1.807) is 11.8 Å². The van der Waals surface area contributed by atoms with Crippen molar-refractivity contribution in [3.05, 3.63) is 33.3 Å². The average molecular weight is 299 g/mol. The molecule has 0 aliphatic carbocycles. The number of benzene rings is 1. The van der Waals surface area contributed by atoms with E-state index in [0.29, 0.717) is 30.3 Å². The lowest BCUT2D eigenvalue weighted by Crippen LogP contribution is -2.37. The molecule has 0 N–H and O–H groups in total. The molecule has 0 saturated carbocycles. The molecule has 1 aliphatic heterocycles. The molecule has 1 unspecified atom stereocenters. The minimum Gasteiger partial charge on any atom is -0.464 e. The Labute approximate surface area is 121 Å². The highest BCUT2D eigenvalue weighted by molar-refractivity contribution is 6.31. The molecule has 2 rings (SSSR count). The minimum absolute atomic E-state index is 0.0504. The van der Waals surface area contributed by atoms with Gasteiger partial charge in [-0.15, -0.1) is 0 Å². The first-order valence-electron chi connectivity index (χ1n) is 6.41.